The molecule has 1 aliphatic carbocycles. The van der Waals surface area contributed by atoms with E-state index in [0.29, 0.717) is 11.5 Å². The van der Waals surface area contributed by atoms with Crippen molar-refractivity contribution in [1.29, 1.82) is 0 Å². The third-order valence-corrected chi connectivity index (χ3v) is 4.03. The molecule has 1 saturated carbocycles. The van der Waals surface area contributed by atoms with Crippen molar-refractivity contribution in [2.45, 2.75) is 52.1 Å². The van der Waals surface area contributed by atoms with Crippen LogP contribution in [0.15, 0.2) is 0 Å². The highest BCUT2D eigenvalue weighted by Crippen LogP contribution is 2.44. The fourth-order valence-electron chi connectivity index (χ4n) is 2.47. The molecule has 1 heterocycles. The van der Waals surface area contributed by atoms with Gasteiger partial charge in [-0.3, -0.25) is 0 Å². The van der Waals surface area contributed by atoms with Gasteiger partial charge in [0.25, 0.3) is 0 Å². The number of nitrogens with one attached hydrogen (secondary N) is 2. The quantitative estimate of drug-likeness (QED) is 0.719. The topological polar surface area (TPSA) is 24.1 Å². The molecular weight excluding hydrogens is 172 g/mol. The zero-order valence-electron chi connectivity index (χ0n) is 9.77. The number of piperidine rings is 1. The van der Waals surface area contributed by atoms with Crippen LogP contribution in [0.4, 0.5) is 0 Å². The van der Waals surface area contributed by atoms with Gasteiger partial charge in [-0.15, -0.1) is 0 Å². The Morgan fingerprint density at radius 3 is 2.71 bits per heavy atom. The van der Waals surface area contributed by atoms with Gasteiger partial charge in [-0.1, -0.05) is 20.8 Å². The van der Waals surface area contributed by atoms with E-state index >= 15 is 0 Å². The summed E-state index contributed by atoms with van der Waals surface area (Å²) in [6, 6.07) is 1.48. The van der Waals surface area contributed by atoms with E-state index in [1.165, 1.54) is 25.8 Å². The molecule has 0 aromatic heterocycles. The first-order chi connectivity index (χ1) is 6.59. The molecule has 2 fully saturated rings. The van der Waals surface area contributed by atoms with Crippen LogP contribution in [0.25, 0.3) is 0 Å². The second kappa shape index (κ2) is 3.82. The third-order valence-electron chi connectivity index (χ3n) is 4.03. The maximum Gasteiger partial charge on any atom is 0.0218 e. The minimum atomic E-state index is 0.567. The monoisotopic (exact) mass is 196 g/mol. The standard InChI is InChI=1S/C12H24N2/c1-9-5-4-6-13-10(9)8-14-11-7-12(11,2)3/h9-11,13-14H,4-8H2,1-3H3. The Balaban J connectivity index is 1.70. The molecule has 82 valence electrons. The summed E-state index contributed by atoms with van der Waals surface area (Å²) in [5.41, 5.74) is 0.567. The van der Waals surface area contributed by atoms with Crippen molar-refractivity contribution in [3.8, 4) is 0 Å². The zero-order chi connectivity index (χ0) is 10.2. The van der Waals surface area contributed by atoms with Gasteiger partial charge in [0.15, 0.2) is 0 Å². The molecule has 14 heavy (non-hydrogen) atoms. The Bertz CT molecular complexity index is 200. The molecule has 2 rings (SSSR count). The summed E-state index contributed by atoms with van der Waals surface area (Å²) >= 11 is 0. The molecular formula is C12H24N2. The van der Waals surface area contributed by atoms with E-state index in [0.717, 1.165) is 18.5 Å². The van der Waals surface area contributed by atoms with Gasteiger partial charge in [-0.2, -0.15) is 0 Å². The molecule has 2 N–H and O–H groups in total. The fourth-order valence-corrected chi connectivity index (χ4v) is 2.47. The first kappa shape index (κ1) is 10.4. The van der Waals surface area contributed by atoms with Crippen LogP contribution < -0.4 is 10.6 Å². The largest absolute Gasteiger partial charge is 0.312 e. The average molecular weight is 196 g/mol. The van der Waals surface area contributed by atoms with Gasteiger partial charge in [0, 0.05) is 18.6 Å². The lowest BCUT2D eigenvalue weighted by Crippen LogP contribution is -2.47. The van der Waals surface area contributed by atoms with Crippen LogP contribution in [-0.2, 0) is 0 Å². The van der Waals surface area contributed by atoms with Gasteiger partial charge in [-0.25, -0.2) is 0 Å². The lowest BCUT2D eigenvalue weighted by atomic mass is 9.93. The third kappa shape index (κ3) is 2.29. The highest BCUT2D eigenvalue weighted by molar-refractivity contribution is 5.02. The molecule has 2 heteroatoms. The van der Waals surface area contributed by atoms with Crippen molar-refractivity contribution in [3.05, 3.63) is 0 Å². The van der Waals surface area contributed by atoms with Crippen LogP contribution >= 0.6 is 0 Å². The molecule has 3 unspecified atom stereocenters. The Morgan fingerprint density at radius 1 is 1.43 bits per heavy atom. The van der Waals surface area contributed by atoms with Crippen LogP contribution in [0.2, 0.25) is 0 Å². The van der Waals surface area contributed by atoms with E-state index in [2.05, 4.69) is 31.4 Å². The lowest BCUT2D eigenvalue weighted by molar-refractivity contribution is 0.287. The van der Waals surface area contributed by atoms with E-state index < -0.39 is 0 Å². The first-order valence-electron chi connectivity index (χ1n) is 6.06. The molecule has 0 aromatic rings. The van der Waals surface area contributed by atoms with E-state index in [9.17, 15) is 0 Å². The first-order valence-corrected chi connectivity index (χ1v) is 6.06. The second-order valence-electron chi connectivity index (χ2n) is 5.83. The van der Waals surface area contributed by atoms with Gasteiger partial charge in [-0.05, 0) is 37.1 Å². The summed E-state index contributed by atoms with van der Waals surface area (Å²) in [6.07, 6.45) is 4.11. The minimum absolute atomic E-state index is 0.567. The van der Waals surface area contributed by atoms with E-state index in [4.69, 9.17) is 0 Å². The van der Waals surface area contributed by atoms with E-state index in [-0.39, 0.29) is 0 Å². The Labute approximate surface area is 87.8 Å². The molecule has 0 bridgehead atoms. The summed E-state index contributed by atoms with van der Waals surface area (Å²) in [5.74, 6) is 0.845. The molecule has 2 aliphatic rings. The van der Waals surface area contributed by atoms with Crippen molar-refractivity contribution in [3.63, 3.8) is 0 Å². The van der Waals surface area contributed by atoms with Gasteiger partial charge in [0.1, 0.15) is 0 Å². The Morgan fingerprint density at radius 2 is 2.14 bits per heavy atom. The minimum Gasteiger partial charge on any atom is -0.312 e. The van der Waals surface area contributed by atoms with Crippen LogP contribution in [0.3, 0.4) is 0 Å². The van der Waals surface area contributed by atoms with Crippen molar-refractivity contribution in [2.24, 2.45) is 11.3 Å². The molecule has 1 aliphatic heterocycles. The van der Waals surface area contributed by atoms with Gasteiger partial charge >= 0.3 is 0 Å². The Kier molecular flexibility index (Phi) is 2.85. The number of rotatable bonds is 3. The molecule has 3 atom stereocenters. The van der Waals surface area contributed by atoms with E-state index in [1.807, 2.05) is 0 Å². The normalized spacial score (nSPS) is 40.9. The Hall–Kier alpha value is -0.0800. The highest BCUT2D eigenvalue weighted by Gasteiger charge is 2.45. The summed E-state index contributed by atoms with van der Waals surface area (Å²) in [5, 5.41) is 7.30. The van der Waals surface area contributed by atoms with Crippen LogP contribution in [0.5, 0.6) is 0 Å². The van der Waals surface area contributed by atoms with Crippen molar-refractivity contribution >= 4 is 0 Å². The summed E-state index contributed by atoms with van der Waals surface area (Å²) in [7, 11) is 0. The number of hydrogen-bond acceptors (Lipinski definition) is 2. The number of hydrogen-bond donors (Lipinski definition) is 2. The second-order valence-corrected chi connectivity index (χ2v) is 5.83. The molecule has 0 amide bonds. The van der Waals surface area contributed by atoms with Crippen LogP contribution in [0.1, 0.15) is 40.0 Å². The van der Waals surface area contributed by atoms with Gasteiger partial charge in [0.2, 0.25) is 0 Å². The van der Waals surface area contributed by atoms with Crippen molar-refractivity contribution in [2.75, 3.05) is 13.1 Å². The molecule has 0 radical (unpaired) electrons. The lowest BCUT2D eigenvalue weighted by Gasteiger charge is -2.30. The van der Waals surface area contributed by atoms with E-state index in [1.54, 1.807) is 0 Å². The zero-order valence-corrected chi connectivity index (χ0v) is 9.77. The summed E-state index contributed by atoms with van der Waals surface area (Å²) in [4.78, 5) is 0. The molecule has 0 aromatic carbocycles. The van der Waals surface area contributed by atoms with Crippen LogP contribution in [-0.4, -0.2) is 25.2 Å². The molecule has 1 saturated heterocycles. The van der Waals surface area contributed by atoms with Gasteiger partial charge < -0.3 is 10.6 Å². The molecule has 2 nitrogen and oxygen atoms in total. The molecule has 0 spiro atoms. The SMILES string of the molecule is CC1CCCNC1CNC1CC1(C)C. The van der Waals surface area contributed by atoms with Crippen molar-refractivity contribution in [1.82, 2.24) is 10.6 Å². The van der Waals surface area contributed by atoms with Crippen LogP contribution in [0, 0.1) is 11.3 Å². The predicted octanol–water partition coefficient (Wildman–Crippen LogP) is 1.76. The predicted molar refractivity (Wildman–Crippen MR) is 60.4 cm³/mol. The van der Waals surface area contributed by atoms with Crippen molar-refractivity contribution < 1.29 is 0 Å². The maximum absolute atomic E-state index is 3.68. The summed E-state index contributed by atoms with van der Waals surface area (Å²) in [6.45, 7) is 9.45. The van der Waals surface area contributed by atoms with Gasteiger partial charge in [0.05, 0.1) is 0 Å². The average Bonchev–Trinajstić information content (AvgIpc) is 2.73. The maximum atomic E-state index is 3.68. The highest BCUT2D eigenvalue weighted by atomic mass is 15.0. The fraction of sp³-hybridized carbons (Fsp3) is 1.00. The smallest absolute Gasteiger partial charge is 0.0218 e. The summed E-state index contributed by atoms with van der Waals surface area (Å²) < 4.78 is 0.